The zero-order chi connectivity index (χ0) is 22.3. The molecule has 0 amide bonds. The molecule has 6 nitrogen and oxygen atoms in total. The Hall–Kier alpha value is -0.749. The molecule has 1 atom stereocenters. The largest absolute Gasteiger partial charge is 0.478 e. The molecule has 0 aromatic heterocycles. The van der Waals surface area contributed by atoms with Gasteiger partial charge in [-0.15, -0.1) is 0 Å². The molecule has 1 unspecified atom stereocenters. The van der Waals surface area contributed by atoms with Gasteiger partial charge in [-0.05, 0) is 77.1 Å². The van der Waals surface area contributed by atoms with Gasteiger partial charge in [0, 0.05) is 12.2 Å². The molecule has 1 saturated carbocycles. The zero-order valence-electron chi connectivity index (χ0n) is 19.2. The Morgan fingerprint density at radius 1 is 0.931 bits per heavy atom. The Morgan fingerprint density at radius 3 is 1.90 bits per heavy atom. The number of carboxylic acid groups (broad SMARTS) is 1. The predicted molar refractivity (Wildman–Crippen MR) is 123 cm³/mol. The molecule has 0 aromatic carbocycles. The van der Waals surface area contributed by atoms with Crippen molar-refractivity contribution in [2.24, 2.45) is 5.92 Å². The van der Waals surface area contributed by atoms with Crippen molar-refractivity contribution in [2.45, 2.75) is 96.5 Å². The molecule has 1 rings (SSSR count). The molecular formula is C20H40O6Si3. The molecular weight excluding hydrogens is 420 g/mol. The number of ether oxygens (including phenoxy) is 1. The second kappa shape index (κ2) is 11.0. The van der Waals surface area contributed by atoms with E-state index in [0.29, 0.717) is 12.3 Å². The van der Waals surface area contributed by atoms with E-state index in [0.717, 1.165) is 43.9 Å². The van der Waals surface area contributed by atoms with Crippen molar-refractivity contribution in [3.05, 3.63) is 12.2 Å². The average molecular weight is 461 g/mol. The first-order chi connectivity index (χ1) is 13.2. The van der Waals surface area contributed by atoms with Gasteiger partial charge in [0.15, 0.2) is 16.6 Å². The van der Waals surface area contributed by atoms with E-state index in [9.17, 15) is 9.59 Å². The van der Waals surface area contributed by atoms with Crippen LogP contribution in [0, 0.1) is 5.92 Å². The molecule has 1 aliphatic rings. The standard InChI is InChI=1S/C20H40O6Si3/c1-27(2,3)25-29(7,26-28(4,5)6)16-15-18(17-11-9-8-10-12-17)24-20(23)14-13-19(21)22/h13-14,17-18H,8-12,15-16H2,1-7H3,(H,21,22)/b14-13+. The van der Waals surface area contributed by atoms with Crippen LogP contribution in [0.25, 0.3) is 0 Å². The van der Waals surface area contributed by atoms with Gasteiger partial charge in [-0.25, -0.2) is 9.59 Å². The number of carboxylic acids is 1. The van der Waals surface area contributed by atoms with Gasteiger partial charge in [-0.1, -0.05) is 19.3 Å². The minimum Gasteiger partial charge on any atom is -0.478 e. The number of esters is 1. The smallest absolute Gasteiger partial charge is 0.331 e. The monoisotopic (exact) mass is 460 g/mol. The van der Waals surface area contributed by atoms with Crippen molar-refractivity contribution in [2.75, 3.05) is 0 Å². The van der Waals surface area contributed by atoms with Crippen LogP contribution in [0.2, 0.25) is 51.9 Å². The highest BCUT2D eigenvalue weighted by Gasteiger charge is 2.41. The lowest BCUT2D eigenvalue weighted by molar-refractivity contribution is -0.147. The van der Waals surface area contributed by atoms with Gasteiger partial charge >= 0.3 is 20.5 Å². The summed E-state index contributed by atoms with van der Waals surface area (Å²) in [5.41, 5.74) is 0. The molecule has 0 spiro atoms. The van der Waals surface area contributed by atoms with Crippen LogP contribution in [0.4, 0.5) is 0 Å². The van der Waals surface area contributed by atoms with Gasteiger partial charge in [0.25, 0.3) is 0 Å². The molecule has 0 aliphatic heterocycles. The van der Waals surface area contributed by atoms with Crippen molar-refractivity contribution < 1.29 is 27.7 Å². The lowest BCUT2D eigenvalue weighted by Gasteiger charge is -2.39. The molecule has 0 saturated heterocycles. The predicted octanol–water partition coefficient (Wildman–Crippen LogP) is 5.28. The van der Waals surface area contributed by atoms with Gasteiger partial charge in [-0.3, -0.25) is 0 Å². The number of hydrogen-bond acceptors (Lipinski definition) is 5. The van der Waals surface area contributed by atoms with E-state index in [4.69, 9.17) is 18.1 Å². The maximum absolute atomic E-state index is 12.2. The lowest BCUT2D eigenvalue weighted by atomic mass is 9.84. The molecule has 29 heavy (non-hydrogen) atoms. The third-order valence-corrected chi connectivity index (χ3v) is 14.3. The maximum Gasteiger partial charge on any atom is 0.331 e. The summed E-state index contributed by atoms with van der Waals surface area (Å²) >= 11 is 0. The van der Waals surface area contributed by atoms with E-state index in [-0.39, 0.29) is 6.10 Å². The third kappa shape index (κ3) is 11.9. The normalized spacial score (nSPS) is 18.0. The second-order valence-electron chi connectivity index (χ2n) is 10.1. The first-order valence-electron chi connectivity index (χ1n) is 10.7. The average Bonchev–Trinajstić information content (AvgIpc) is 2.54. The van der Waals surface area contributed by atoms with Crippen molar-refractivity contribution >= 4 is 37.1 Å². The minimum absolute atomic E-state index is 0.219. The van der Waals surface area contributed by atoms with Gasteiger partial charge in [0.1, 0.15) is 6.10 Å². The topological polar surface area (TPSA) is 82.1 Å². The third-order valence-electron chi connectivity index (χ3n) is 4.73. The van der Waals surface area contributed by atoms with Gasteiger partial charge in [-0.2, -0.15) is 0 Å². The first kappa shape index (κ1) is 26.3. The highest BCUT2D eigenvalue weighted by molar-refractivity contribution is 6.87. The van der Waals surface area contributed by atoms with Crippen LogP contribution in [0.3, 0.4) is 0 Å². The highest BCUT2D eigenvalue weighted by Crippen LogP contribution is 2.33. The zero-order valence-corrected chi connectivity index (χ0v) is 22.2. The number of carbonyl (C=O) groups excluding carboxylic acids is 1. The summed E-state index contributed by atoms with van der Waals surface area (Å²) in [6, 6.07) is 0.776. The fourth-order valence-corrected chi connectivity index (χ4v) is 16.6. The van der Waals surface area contributed by atoms with Gasteiger partial charge < -0.3 is 18.1 Å². The Labute approximate surface area is 179 Å². The van der Waals surface area contributed by atoms with Crippen LogP contribution in [-0.2, 0) is 22.6 Å². The van der Waals surface area contributed by atoms with Crippen LogP contribution < -0.4 is 0 Å². The lowest BCUT2D eigenvalue weighted by Crippen LogP contribution is -2.53. The number of carbonyl (C=O) groups is 2. The van der Waals surface area contributed by atoms with E-state index in [1.54, 1.807) is 0 Å². The molecule has 1 N–H and O–H groups in total. The van der Waals surface area contributed by atoms with Crippen molar-refractivity contribution in [1.82, 2.24) is 0 Å². The van der Waals surface area contributed by atoms with Crippen molar-refractivity contribution in [1.29, 1.82) is 0 Å². The quantitative estimate of drug-likeness (QED) is 0.256. The Bertz CT molecular complexity index is 558. The molecule has 9 heteroatoms. The van der Waals surface area contributed by atoms with Crippen LogP contribution in [-0.4, -0.2) is 48.3 Å². The molecule has 0 heterocycles. The summed E-state index contributed by atoms with van der Waals surface area (Å²) in [4.78, 5) is 22.9. The summed E-state index contributed by atoms with van der Waals surface area (Å²) in [6.07, 6.45) is 7.93. The Morgan fingerprint density at radius 2 is 1.45 bits per heavy atom. The molecule has 1 fully saturated rings. The number of aliphatic carboxylic acids is 1. The van der Waals surface area contributed by atoms with Gasteiger partial charge in [0.05, 0.1) is 0 Å². The molecule has 168 valence electrons. The fraction of sp³-hybridized carbons (Fsp3) is 0.800. The summed E-state index contributed by atoms with van der Waals surface area (Å²) in [5.74, 6) is -1.41. The first-order valence-corrected chi connectivity index (χ1v) is 20.1. The molecule has 0 aromatic rings. The Kier molecular flexibility index (Phi) is 10.0. The van der Waals surface area contributed by atoms with Crippen LogP contribution in [0.5, 0.6) is 0 Å². The summed E-state index contributed by atoms with van der Waals surface area (Å²) < 4.78 is 18.9. The second-order valence-corrected chi connectivity index (χ2v) is 23.0. The Balaban J connectivity index is 2.92. The molecule has 0 bridgehead atoms. The number of hydrogen-bond donors (Lipinski definition) is 1. The maximum atomic E-state index is 12.2. The summed E-state index contributed by atoms with van der Waals surface area (Å²) in [6.45, 7) is 15.2. The van der Waals surface area contributed by atoms with Crippen LogP contribution in [0.15, 0.2) is 12.2 Å². The van der Waals surface area contributed by atoms with E-state index >= 15 is 0 Å². The summed E-state index contributed by atoms with van der Waals surface area (Å²) in [7, 11) is -5.99. The van der Waals surface area contributed by atoms with Crippen LogP contribution in [0.1, 0.15) is 38.5 Å². The van der Waals surface area contributed by atoms with Crippen LogP contribution >= 0.6 is 0 Å². The van der Waals surface area contributed by atoms with E-state index in [1.807, 2.05) is 0 Å². The molecule has 1 aliphatic carbocycles. The van der Waals surface area contributed by atoms with E-state index < -0.39 is 37.1 Å². The fourth-order valence-electron chi connectivity index (χ4n) is 4.05. The van der Waals surface area contributed by atoms with Crippen molar-refractivity contribution in [3.8, 4) is 0 Å². The molecule has 0 radical (unpaired) electrons. The minimum atomic E-state index is -2.41. The summed E-state index contributed by atoms with van der Waals surface area (Å²) in [5, 5.41) is 8.76. The van der Waals surface area contributed by atoms with Crippen molar-refractivity contribution in [3.63, 3.8) is 0 Å². The van der Waals surface area contributed by atoms with Gasteiger partial charge in [0.2, 0.25) is 0 Å². The van der Waals surface area contributed by atoms with E-state index in [1.165, 1.54) is 6.42 Å². The highest BCUT2D eigenvalue weighted by atomic mass is 28.5. The van der Waals surface area contributed by atoms with E-state index in [2.05, 4.69) is 45.8 Å². The SMILES string of the molecule is C[Si](C)(C)O[Si](C)(CCC(OC(=O)/C=C/C(=O)O)C1CCCCC1)O[Si](C)(C)C. The number of rotatable bonds is 11.